The van der Waals surface area contributed by atoms with Gasteiger partial charge in [-0.2, -0.15) is 0 Å². The molecule has 4 nitrogen and oxygen atoms in total. The van der Waals surface area contributed by atoms with Crippen LogP contribution in [0.5, 0.6) is 0 Å². The first-order valence-electron chi connectivity index (χ1n) is 5.02. The van der Waals surface area contributed by atoms with E-state index in [4.69, 9.17) is 9.63 Å². The summed E-state index contributed by atoms with van der Waals surface area (Å²) in [7, 11) is 2.06. The van der Waals surface area contributed by atoms with E-state index in [1.807, 2.05) is 6.07 Å². The maximum atomic E-state index is 8.60. The van der Waals surface area contributed by atoms with Gasteiger partial charge in [-0.25, -0.2) is 0 Å². The first-order chi connectivity index (χ1) is 6.83. The second-order valence-corrected chi connectivity index (χ2v) is 3.50. The third kappa shape index (κ3) is 4.39. The molecule has 0 saturated carbocycles. The number of nitrogens with zero attached hydrogens (tertiary/aromatic N) is 2. The van der Waals surface area contributed by atoms with Crippen LogP contribution in [0, 0.1) is 0 Å². The van der Waals surface area contributed by atoms with Crippen LogP contribution in [0.2, 0.25) is 0 Å². The Morgan fingerprint density at radius 2 is 2.29 bits per heavy atom. The topological polar surface area (TPSA) is 49.5 Å². The van der Waals surface area contributed by atoms with Crippen LogP contribution >= 0.6 is 0 Å². The largest absolute Gasteiger partial charge is 0.396 e. The van der Waals surface area contributed by atoms with Gasteiger partial charge in [-0.3, -0.25) is 4.90 Å². The van der Waals surface area contributed by atoms with Gasteiger partial charge in [0.15, 0.2) is 5.76 Å². The molecule has 0 aromatic carbocycles. The summed E-state index contributed by atoms with van der Waals surface area (Å²) in [6.45, 7) is 2.13. The molecule has 0 radical (unpaired) electrons. The minimum Gasteiger partial charge on any atom is -0.396 e. The minimum absolute atomic E-state index is 0.297. The fraction of sp³-hybridized carbons (Fsp3) is 0.700. The smallest absolute Gasteiger partial charge is 0.150 e. The summed E-state index contributed by atoms with van der Waals surface area (Å²) in [4.78, 5) is 2.19. The Kier molecular flexibility index (Phi) is 5.25. The summed E-state index contributed by atoms with van der Waals surface area (Å²) < 4.78 is 5.00. The average Bonchev–Trinajstić information content (AvgIpc) is 2.65. The molecule has 80 valence electrons. The molecule has 1 aromatic rings. The van der Waals surface area contributed by atoms with Crippen molar-refractivity contribution >= 4 is 0 Å². The maximum absolute atomic E-state index is 8.60. The van der Waals surface area contributed by atoms with Crippen molar-refractivity contribution in [1.29, 1.82) is 0 Å². The Bertz CT molecular complexity index is 224. The number of aromatic nitrogens is 1. The molecule has 0 aliphatic heterocycles. The fourth-order valence-electron chi connectivity index (χ4n) is 1.34. The standard InChI is InChI=1S/C10H18N2O2/c1-12(7-3-2-4-8-13)9-10-5-6-11-14-10/h5-6,13H,2-4,7-9H2,1H3. The van der Waals surface area contributed by atoms with E-state index in [1.165, 1.54) is 0 Å². The highest BCUT2D eigenvalue weighted by Gasteiger charge is 2.02. The second kappa shape index (κ2) is 6.56. The first-order valence-corrected chi connectivity index (χ1v) is 5.02. The predicted molar refractivity (Wildman–Crippen MR) is 53.8 cm³/mol. The lowest BCUT2D eigenvalue weighted by Gasteiger charge is -2.13. The highest BCUT2D eigenvalue weighted by Crippen LogP contribution is 2.03. The zero-order chi connectivity index (χ0) is 10.2. The van der Waals surface area contributed by atoms with Gasteiger partial charge in [-0.1, -0.05) is 5.16 Å². The highest BCUT2D eigenvalue weighted by molar-refractivity contribution is 4.91. The van der Waals surface area contributed by atoms with Crippen LogP contribution in [-0.4, -0.2) is 35.4 Å². The number of hydrogen-bond donors (Lipinski definition) is 1. The summed E-state index contributed by atoms with van der Waals surface area (Å²) in [6.07, 6.45) is 4.76. The molecule has 1 heterocycles. The van der Waals surface area contributed by atoms with Gasteiger partial charge in [-0.05, 0) is 32.9 Å². The van der Waals surface area contributed by atoms with Crippen molar-refractivity contribution in [3.8, 4) is 0 Å². The molecule has 0 aliphatic rings. The Morgan fingerprint density at radius 1 is 1.43 bits per heavy atom. The molecule has 0 spiro atoms. The fourth-order valence-corrected chi connectivity index (χ4v) is 1.34. The van der Waals surface area contributed by atoms with E-state index >= 15 is 0 Å². The van der Waals surface area contributed by atoms with Crippen molar-refractivity contribution in [2.24, 2.45) is 0 Å². The van der Waals surface area contributed by atoms with E-state index in [1.54, 1.807) is 6.20 Å². The molecule has 0 saturated heterocycles. The summed E-state index contributed by atoms with van der Waals surface area (Å²) in [5.74, 6) is 0.898. The molecule has 0 atom stereocenters. The quantitative estimate of drug-likeness (QED) is 0.670. The number of aliphatic hydroxyl groups excluding tert-OH is 1. The molecule has 1 N–H and O–H groups in total. The summed E-state index contributed by atoms with van der Waals surface area (Å²) in [6, 6.07) is 1.88. The summed E-state index contributed by atoms with van der Waals surface area (Å²) in [5.41, 5.74) is 0. The molecule has 0 aliphatic carbocycles. The predicted octanol–water partition coefficient (Wildman–Crippen LogP) is 1.27. The van der Waals surface area contributed by atoms with Gasteiger partial charge >= 0.3 is 0 Å². The molecule has 14 heavy (non-hydrogen) atoms. The van der Waals surface area contributed by atoms with E-state index in [0.29, 0.717) is 6.61 Å². The van der Waals surface area contributed by atoms with E-state index in [-0.39, 0.29) is 0 Å². The van der Waals surface area contributed by atoms with Gasteiger partial charge < -0.3 is 9.63 Å². The molecule has 0 amide bonds. The lowest BCUT2D eigenvalue weighted by atomic mass is 10.2. The van der Waals surface area contributed by atoms with Crippen molar-refractivity contribution in [1.82, 2.24) is 10.1 Å². The Hall–Kier alpha value is -0.870. The average molecular weight is 198 g/mol. The zero-order valence-corrected chi connectivity index (χ0v) is 8.65. The van der Waals surface area contributed by atoms with Crippen LogP contribution in [0.4, 0.5) is 0 Å². The van der Waals surface area contributed by atoms with Gasteiger partial charge in [0.1, 0.15) is 0 Å². The van der Waals surface area contributed by atoms with Crippen LogP contribution in [0.15, 0.2) is 16.8 Å². The lowest BCUT2D eigenvalue weighted by Crippen LogP contribution is -2.18. The number of aliphatic hydroxyl groups is 1. The lowest BCUT2D eigenvalue weighted by molar-refractivity contribution is 0.255. The van der Waals surface area contributed by atoms with E-state index in [0.717, 1.165) is 38.1 Å². The van der Waals surface area contributed by atoms with Crippen molar-refractivity contribution in [2.45, 2.75) is 25.8 Å². The Morgan fingerprint density at radius 3 is 2.93 bits per heavy atom. The molecule has 0 unspecified atom stereocenters. The first kappa shape index (κ1) is 11.2. The Balaban J connectivity index is 2.07. The van der Waals surface area contributed by atoms with E-state index in [9.17, 15) is 0 Å². The molecule has 0 bridgehead atoms. The summed E-state index contributed by atoms with van der Waals surface area (Å²) >= 11 is 0. The van der Waals surface area contributed by atoms with Gasteiger partial charge in [0.25, 0.3) is 0 Å². The molecular weight excluding hydrogens is 180 g/mol. The summed E-state index contributed by atoms with van der Waals surface area (Å²) in [5, 5.41) is 12.3. The minimum atomic E-state index is 0.297. The van der Waals surface area contributed by atoms with Gasteiger partial charge in [0.2, 0.25) is 0 Å². The highest BCUT2D eigenvalue weighted by atomic mass is 16.5. The third-order valence-electron chi connectivity index (χ3n) is 2.11. The second-order valence-electron chi connectivity index (χ2n) is 3.50. The molecule has 0 fully saturated rings. The van der Waals surface area contributed by atoms with Crippen molar-refractivity contribution < 1.29 is 9.63 Å². The van der Waals surface area contributed by atoms with Gasteiger partial charge in [-0.15, -0.1) is 0 Å². The molecule has 4 heteroatoms. The monoisotopic (exact) mass is 198 g/mol. The van der Waals surface area contributed by atoms with Crippen molar-refractivity contribution in [3.63, 3.8) is 0 Å². The van der Waals surface area contributed by atoms with Crippen molar-refractivity contribution in [3.05, 3.63) is 18.0 Å². The molecule has 1 rings (SSSR count). The van der Waals surface area contributed by atoms with Crippen molar-refractivity contribution in [2.75, 3.05) is 20.2 Å². The third-order valence-corrected chi connectivity index (χ3v) is 2.11. The van der Waals surface area contributed by atoms with Gasteiger partial charge in [0, 0.05) is 12.7 Å². The van der Waals surface area contributed by atoms with Crippen LogP contribution < -0.4 is 0 Å². The normalized spacial score (nSPS) is 11.1. The van der Waals surface area contributed by atoms with E-state index in [2.05, 4.69) is 17.1 Å². The number of rotatable bonds is 7. The van der Waals surface area contributed by atoms with Crippen LogP contribution in [-0.2, 0) is 6.54 Å². The van der Waals surface area contributed by atoms with Crippen LogP contribution in [0.1, 0.15) is 25.0 Å². The van der Waals surface area contributed by atoms with Gasteiger partial charge in [0.05, 0.1) is 12.7 Å². The number of hydrogen-bond acceptors (Lipinski definition) is 4. The molecular formula is C10H18N2O2. The zero-order valence-electron chi connectivity index (χ0n) is 8.65. The maximum Gasteiger partial charge on any atom is 0.150 e. The van der Waals surface area contributed by atoms with Crippen LogP contribution in [0.25, 0.3) is 0 Å². The molecule has 1 aromatic heterocycles. The SMILES string of the molecule is CN(CCCCCO)Cc1ccno1. The Labute approximate surface area is 84.5 Å². The van der Waals surface area contributed by atoms with Crippen LogP contribution in [0.3, 0.4) is 0 Å². The number of unbranched alkanes of at least 4 members (excludes halogenated alkanes) is 2. The van der Waals surface area contributed by atoms with E-state index < -0.39 is 0 Å².